The monoisotopic (exact) mass is 596 g/mol. The molecule has 0 amide bonds. The number of ketones is 1. The molecule has 0 spiro atoms. The second kappa shape index (κ2) is 16.0. The number of carbonyl (C=O) groups excluding carboxylic acids is 1. The van der Waals surface area contributed by atoms with Crippen LogP contribution in [0.2, 0.25) is 0 Å². The van der Waals surface area contributed by atoms with E-state index in [-0.39, 0.29) is 5.78 Å². The molecule has 0 saturated heterocycles. The SMILES string of the molecule is Nc1ccc(OCCCCCCOc2ccc(-c3ccc(Cc4ccc(/C=C/C(=O)c5ccccc5)cc4)cc3)cc2)cc1N. The van der Waals surface area contributed by atoms with Gasteiger partial charge in [-0.15, -0.1) is 0 Å². The summed E-state index contributed by atoms with van der Waals surface area (Å²) in [5.74, 6) is 1.66. The molecule has 228 valence electrons. The number of anilines is 2. The highest BCUT2D eigenvalue weighted by molar-refractivity contribution is 6.06. The van der Waals surface area contributed by atoms with Crippen LogP contribution in [0.4, 0.5) is 11.4 Å². The first kappa shape index (κ1) is 31.1. The third-order valence-corrected chi connectivity index (χ3v) is 7.65. The lowest BCUT2D eigenvalue weighted by Gasteiger charge is -2.09. The highest BCUT2D eigenvalue weighted by Gasteiger charge is 2.03. The molecule has 5 nitrogen and oxygen atoms in total. The molecule has 0 bridgehead atoms. The van der Waals surface area contributed by atoms with Crippen LogP contribution in [0.3, 0.4) is 0 Å². The average Bonchev–Trinajstić information content (AvgIpc) is 3.08. The summed E-state index contributed by atoms with van der Waals surface area (Å²) in [5.41, 5.74) is 19.2. The normalized spacial score (nSPS) is 11.0. The van der Waals surface area contributed by atoms with Crippen LogP contribution in [0, 0.1) is 0 Å². The summed E-state index contributed by atoms with van der Waals surface area (Å²) in [5, 5.41) is 0. The van der Waals surface area contributed by atoms with Crippen molar-refractivity contribution >= 4 is 23.2 Å². The van der Waals surface area contributed by atoms with Gasteiger partial charge in [-0.3, -0.25) is 4.79 Å². The number of benzene rings is 5. The summed E-state index contributed by atoms with van der Waals surface area (Å²) < 4.78 is 11.7. The van der Waals surface area contributed by atoms with Crippen LogP contribution in [-0.2, 0) is 6.42 Å². The van der Waals surface area contributed by atoms with Gasteiger partial charge >= 0.3 is 0 Å². The Kier molecular flexibility index (Phi) is 11.1. The fourth-order valence-corrected chi connectivity index (χ4v) is 4.99. The zero-order valence-corrected chi connectivity index (χ0v) is 25.5. The number of allylic oxidation sites excluding steroid dienone is 1. The molecule has 0 atom stereocenters. The molecule has 0 saturated carbocycles. The first-order valence-electron chi connectivity index (χ1n) is 15.5. The average molecular weight is 597 g/mol. The maximum Gasteiger partial charge on any atom is 0.185 e. The zero-order chi connectivity index (χ0) is 31.3. The molecule has 5 heteroatoms. The van der Waals surface area contributed by atoms with Crippen LogP contribution in [-0.4, -0.2) is 19.0 Å². The van der Waals surface area contributed by atoms with E-state index in [2.05, 4.69) is 60.7 Å². The van der Waals surface area contributed by atoms with Crippen LogP contribution in [0.15, 0.2) is 127 Å². The number of carbonyl (C=O) groups is 1. The van der Waals surface area contributed by atoms with Crippen LogP contribution < -0.4 is 20.9 Å². The lowest BCUT2D eigenvalue weighted by atomic mass is 9.99. The number of nitrogens with two attached hydrogens (primary N) is 2. The third kappa shape index (κ3) is 9.60. The van der Waals surface area contributed by atoms with E-state index in [0.29, 0.717) is 30.2 Å². The summed E-state index contributed by atoms with van der Waals surface area (Å²) >= 11 is 0. The van der Waals surface area contributed by atoms with Crippen LogP contribution in [0.5, 0.6) is 11.5 Å². The third-order valence-electron chi connectivity index (χ3n) is 7.65. The maximum absolute atomic E-state index is 12.3. The molecule has 45 heavy (non-hydrogen) atoms. The van der Waals surface area contributed by atoms with E-state index in [0.717, 1.165) is 54.7 Å². The Morgan fingerprint density at radius 2 is 1.13 bits per heavy atom. The van der Waals surface area contributed by atoms with Gasteiger partial charge < -0.3 is 20.9 Å². The van der Waals surface area contributed by atoms with Crippen LogP contribution in [0.25, 0.3) is 17.2 Å². The van der Waals surface area contributed by atoms with Gasteiger partial charge in [0.15, 0.2) is 5.78 Å². The molecule has 0 unspecified atom stereocenters. The van der Waals surface area contributed by atoms with E-state index in [1.807, 2.05) is 54.6 Å². The first-order chi connectivity index (χ1) is 22.0. The Hall–Kier alpha value is -5.29. The summed E-state index contributed by atoms with van der Waals surface area (Å²) in [6, 6.07) is 40.1. The lowest BCUT2D eigenvalue weighted by Crippen LogP contribution is -2.01. The highest BCUT2D eigenvalue weighted by atomic mass is 16.5. The van der Waals surface area contributed by atoms with Crippen molar-refractivity contribution in [3.63, 3.8) is 0 Å². The molecule has 0 aliphatic rings. The summed E-state index contributed by atoms with van der Waals surface area (Å²) in [7, 11) is 0. The Balaban J connectivity index is 1.00. The fraction of sp³-hybridized carbons (Fsp3) is 0.175. The van der Waals surface area contributed by atoms with Crippen molar-refractivity contribution < 1.29 is 14.3 Å². The Morgan fingerprint density at radius 1 is 0.578 bits per heavy atom. The van der Waals surface area contributed by atoms with Crippen molar-refractivity contribution in [2.24, 2.45) is 0 Å². The second-order valence-corrected chi connectivity index (χ2v) is 11.1. The minimum Gasteiger partial charge on any atom is -0.494 e. The number of hydrogen-bond acceptors (Lipinski definition) is 5. The topological polar surface area (TPSA) is 87.6 Å². The lowest BCUT2D eigenvalue weighted by molar-refractivity contribution is 0.104. The van der Waals surface area contributed by atoms with Gasteiger partial charge in [-0.1, -0.05) is 97.1 Å². The predicted octanol–water partition coefficient (Wildman–Crippen LogP) is 9.02. The van der Waals surface area contributed by atoms with E-state index >= 15 is 0 Å². The molecule has 0 aromatic heterocycles. The number of hydrogen-bond donors (Lipinski definition) is 2. The molecule has 0 aliphatic heterocycles. The smallest absolute Gasteiger partial charge is 0.185 e. The van der Waals surface area contributed by atoms with Gasteiger partial charge in [-0.05, 0) is 90.3 Å². The quantitative estimate of drug-likeness (QED) is 0.0545. The molecule has 4 N–H and O–H groups in total. The van der Waals surface area contributed by atoms with Gasteiger partial charge in [-0.2, -0.15) is 0 Å². The summed E-state index contributed by atoms with van der Waals surface area (Å²) in [4.78, 5) is 12.3. The summed E-state index contributed by atoms with van der Waals surface area (Å²) in [6.07, 6.45) is 8.52. The number of ether oxygens (including phenoxy) is 2. The Morgan fingerprint density at radius 3 is 1.76 bits per heavy atom. The highest BCUT2D eigenvalue weighted by Crippen LogP contribution is 2.24. The van der Waals surface area contributed by atoms with Crippen molar-refractivity contribution in [2.45, 2.75) is 32.1 Å². The van der Waals surface area contributed by atoms with Gasteiger partial charge in [0.25, 0.3) is 0 Å². The largest absolute Gasteiger partial charge is 0.494 e. The van der Waals surface area contributed by atoms with Crippen LogP contribution in [0.1, 0.15) is 52.7 Å². The van der Waals surface area contributed by atoms with Crippen molar-refractivity contribution in [2.75, 3.05) is 24.7 Å². The number of nitrogen functional groups attached to an aromatic ring is 2. The van der Waals surface area contributed by atoms with E-state index in [4.69, 9.17) is 20.9 Å². The van der Waals surface area contributed by atoms with E-state index in [1.165, 1.54) is 16.7 Å². The first-order valence-corrected chi connectivity index (χ1v) is 15.5. The minimum atomic E-state index is 0.00848. The second-order valence-electron chi connectivity index (χ2n) is 11.1. The van der Waals surface area contributed by atoms with E-state index in [1.54, 1.807) is 18.2 Å². The zero-order valence-electron chi connectivity index (χ0n) is 25.5. The van der Waals surface area contributed by atoms with Crippen molar-refractivity contribution in [3.05, 3.63) is 150 Å². The molecule has 0 radical (unpaired) electrons. The number of rotatable bonds is 15. The van der Waals surface area contributed by atoms with Gasteiger partial charge in [0.1, 0.15) is 11.5 Å². The molecular formula is C40H40N2O3. The van der Waals surface area contributed by atoms with Gasteiger partial charge in [0.05, 0.1) is 24.6 Å². The fourth-order valence-electron chi connectivity index (χ4n) is 4.99. The molecular weight excluding hydrogens is 556 g/mol. The molecule has 0 aliphatic carbocycles. The molecule has 5 rings (SSSR count). The van der Waals surface area contributed by atoms with Gasteiger partial charge in [-0.25, -0.2) is 0 Å². The Labute approximate surface area is 266 Å². The summed E-state index contributed by atoms with van der Waals surface area (Å²) in [6.45, 7) is 1.37. The van der Waals surface area contributed by atoms with Gasteiger partial charge in [0, 0.05) is 11.6 Å². The van der Waals surface area contributed by atoms with Crippen molar-refractivity contribution in [1.29, 1.82) is 0 Å². The molecule has 5 aromatic carbocycles. The van der Waals surface area contributed by atoms with Crippen molar-refractivity contribution in [3.8, 4) is 22.6 Å². The van der Waals surface area contributed by atoms with Crippen LogP contribution >= 0.6 is 0 Å². The Bertz CT molecular complexity index is 1680. The maximum atomic E-state index is 12.3. The molecule has 0 fully saturated rings. The predicted molar refractivity (Wildman–Crippen MR) is 186 cm³/mol. The van der Waals surface area contributed by atoms with E-state index < -0.39 is 0 Å². The standard InChI is InChI=1S/C40H40N2O3/c41-38-24-23-37(29-39(38)42)45-27-7-2-1-6-26-44-36-21-19-34(20-22-36)33-17-14-32(15-18-33)28-31-12-10-30(11-13-31)16-25-40(43)35-8-4-3-5-9-35/h3-5,8-25,29H,1-2,6-7,26-28,41-42H2/b25-16+. The van der Waals surface area contributed by atoms with Crippen molar-refractivity contribution in [1.82, 2.24) is 0 Å². The number of unbranched alkanes of at least 4 members (excludes halogenated alkanes) is 3. The van der Waals surface area contributed by atoms with Gasteiger partial charge in [0.2, 0.25) is 0 Å². The van der Waals surface area contributed by atoms with E-state index in [9.17, 15) is 4.79 Å². The molecule has 0 heterocycles. The minimum absolute atomic E-state index is 0.00848. The molecule has 5 aromatic rings.